The molecule has 1 aliphatic rings. The summed E-state index contributed by atoms with van der Waals surface area (Å²) in [6, 6.07) is 0. The van der Waals surface area contributed by atoms with Gasteiger partial charge in [-0.15, -0.1) is 0 Å². The third-order valence-electron chi connectivity index (χ3n) is 1.94. The fraction of sp³-hybridized carbons (Fsp3) is 0.875. The van der Waals surface area contributed by atoms with Crippen LogP contribution in [0.4, 0.5) is 4.79 Å². The second-order valence-electron chi connectivity index (χ2n) is 2.79. The van der Waals surface area contributed by atoms with Crippen LogP contribution in [-0.4, -0.2) is 56.1 Å². The van der Waals surface area contributed by atoms with E-state index in [1.807, 2.05) is 5.01 Å². The normalized spacial score (nSPS) is 18.3. The number of nitrogens with zero attached hydrogens (tertiary/aromatic N) is 2. The molecule has 5 heteroatoms. The largest absolute Gasteiger partial charge is 0.449 e. The van der Waals surface area contributed by atoms with E-state index in [4.69, 9.17) is 9.47 Å². The minimum Gasteiger partial charge on any atom is -0.449 e. The maximum atomic E-state index is 11.3. The number of hydrazine groups is 1. The van der Waals surface area contributed by atoms with Crippen molar-refractivity contribution in [1.29, 1.82) is 0 Å². The minimum atomic E-state index is -0.301. The van der Waals surface area contributed by atoms with Crippen LogP contribution in [0.5, 0.6) is 0 Å². The molecule has 1 amide bonds. The second-order valence-corrected chi connectivity index (χ2v) is 2.79. The standard InChI is InChI=1S/C8H16N2O3/c1-3-13-8(11)9(2)10-4-6-12-7-5-10/h3-7H2,1-2H3. The minimum absolute atomic E-state index is 0.301. The predicted octanol–water partition coefficient (Wildman–Crippen LogP) is 0.322. The third-order valence-corrected chi connectivity index (χ3v) is 1.94. The average molecular weight is 188 g/mol. The smallest absolute Gasteiger partial charge is 0.424 e. The Hall–Kier alpha value is -0.810. The van der Waals surface area contributed by atoms with Crippen molar-refractivity contribution in [3.63, 3.8) is 0 Å². The maximum absolute atomic E-state index is 11.3. The number of hydrogen-bond acceptors (Lipinski definition) is 4. The molecule has 76 valence electrons. The zero-order chi connectivity index (χ0) is 9.68. The zero-order valence-electron chi connectivity index (χ0n) is 8.15. The number of morpholine rings is 1. The third kappa shape index (κ3) is 2.86. The van der Waals surface area contributed by atoms with E-state index < -0.39 is 0 Å². The van der Waals surface area contributed by atoms with Gasteiger partial charge >= 0.3 is 6.09 Å². The molecule has 0 N–H and O–H groups in total. The van der Waals surface area contributed by atoms with Gasteiger partial charge in [-0.05, 0) is 6.92 Å². The van der Waals surface area contributed by atoms with Crippen molar-refractivity contribution in [2.75, 3.05) is 40.0 Å². The van der Waals surface area contributed by atoms with Crippen LogP contribution in [-0.2, 0) is 9.47 Å². The van der Waals surface area contributed by atoms with Crippen molar-refractivity contribution in [1.82, 2.24) is 10.0 Å². The lowest BCUT2D eigenvalue weighted by Crippen LogP contribution is -2.49. The molecule has 1 fully saturated rings. The van der Waals surface area contributed by atoms with Gasteiger partial charge in [-0.1, -0.05) is 0 Å². The van der Waals surface area contributed by atoms with E-state index in [9.17, 15) is 4.79 Å². The van der Waals surface area contributed by atoms with Gasteiger partial charge in [-0.3, -0.25) is 0 Å². The summed E-state index contributed by atoms with van der Waals surface area (Å²) in [7, 11) is 1.71. The van der Waals surface area contributed by atoms with Gasteiger partial charge in [0.2, 0.25) is 0 Å². The molecule has 1 heterocycles. The second kappa shape index (κ2) is 5.04. The Morgan fingerprint density at radius 1 is 1.54 bits per heavy atom. The Kier molecular flexibility index (Phi) is 3.98. The molecule has 13 heavy (non-hydrogen) atoms. The first-order chi connectivity index (χ1) is 6.25. The molecule has 0 aromatic carbocycles. The first-order valence-electron chi connectivity index (χ1n) is 4.48. The van der Waals surface area contributed by atoms with Crippen LogP contribution >= 0.6 is 0 Å². The average Bonchev–Trinajstić information content (AvgIpc) is 2.18. The van der Waals surface area contributed by atoms with Crippen LogP contribution in [0.25, 0.3) is 0 Å². The molecular weight excluding hydrogens is 172 g/mol. The van der Waals surface area contributed by atoms with Gasteiger partial charge in [0.25, 0.3) is 0 Å². The monoisotopic (exact) mass is 188 g/mol. The van der Waals surface area contributed by atoms with Gasteiger partial charge in [-0.25, -0.2) is 14.8 Å². The Morgan fingerprint density at radius 3 is 2.69 bits per heavy atom. The van der Waals surface area contributed by atoms with Crippen molar-refractivity contribution < 1.29 is 14.3 Å². The number of ether oxygens (including phenoxy) is 2. The molecule has 0 bridgehead atoms. The lowest BCUT2D eigenvalue weighted by molar-refractivity contribution is -0.0663. The summed E-state index contributed by atoms with van der Waals surface area (Å²) < 4.78 is 10.0. The van der Waals surface area contributed by atoms with Gasteiger partial charge in [0.1, 0.15) is 0 Å². The molecule has 0 atom stereocenters. The summed E-state index contributed by atoms with van der Waals surface area (Å²) in [5.74, 6) is 0. The number of hydrogen-bond donors (Lipinski definition) is 0. The van der Waals surface area contributed by atoms with Crippen molar-refractivity contribution in [2.45, 2.75) is 6.92 Å². The molecule has 0 radical (unpaired) electrons. The molecule has 1 rings (SSSR count). The molecule has 0 aromatic rings. The summed E-state index contributed by atoms with van der Waals surface area (Å²) in [4.78, 5) is 11.3. The quantitative estimate of drug-likeness (QED) is 0.626. The van der Waals surface area contributed by atoms with E-state index in [0.717, 1.165) is 13.1 Å². The van der Waals surface area contributed by atoms with Gasteiger partial charge in [0, 0.05) is 20.1 Å². The van der Waals surface area contributed by atoms with Crippen LogP contribution in [0.2, 0.25) is 0 Å². The molecule has 1 saturated heterocycles. The highest BCUT2D eigenvalue weighted by Crippen LogP contribution is 2.02. The Balaban J connectivity index is 2.35. The first-order valence-corrected chi connectivity index (χ1v) is 4.48. The van der Waals surface area contributed by atoms with Gasteiger partial charge < -0.3 is 9.47 Å². The SMILES string of the molecule is CCOC(=O)N(C)N1CCOCC1. The van der Waals surface area contributed by atoms with Crippen molar-refractivity contribution >= 4 is 6.09 Å². The van der Waals surface area contributed by atoms with E-state index in [1.54, 1.807) is 14.0 Å². The van der Waals surface area contributed by atoms with Crippen molar-refractivity contribution in [3.05, 3.63) is 0 Å². The van der Waals surface area contributed by atoms with Crippen LogP contribution < -0.4 is 0 Å². The zero-order valence-corrected chi connectivity index (χ0v) is 8.15. The molecule has 0 unspecified atom stereocenters. The van der Waals surface area contributed by atoms with Crippen molar-refractivity contribution in [3.8, 4) is 0 Å². The fourth-order valence-corrected chi connectivity index (χ4v) is 1.19. The molecular formula is C8H16N2O3. The highest BCUT2D eigenvalue weighted by molar-refractivity contribution is 5.66. The highest BCUT2D eigenvalue weighted by Gasteiger charge is 2.19. The van der Waals surface area contributed by atoms with Gasteiger partial charge in [0.15, 0.2) is 0 Å². The fourth-order valence-electron chi connectivity index (χ4n) is 1.19. The lowest BCUT2D eigenvalue weighted by atomic mass is 10.5. The predicted molar refractivity (Wildman–Crippen MR) is 47.2 cm³/mol. The number of rotatable bonds is 2. The molecule has 0 aromatic heterocycles. The van der Waals surface area contributed by atoms with Crippen LogP contribution in [0, 0.1) is 0 Å². The van der Waals surface area contributed by atoms with E-state index in [-0.39, 0.29) is 6.09 Å². The van der Waals surface area contributed by atoms with E-state index >= 15 is 0 Å². The number of amides is 1. The molecule has 0 saturated carbocycles. The number of carbonyl (C=O) groups is 1. The molecule has 0 spiro atoms. The van der Waals surface area contributed by atoms with Crippen LogP contribution in [0.3, 0.4) is 0 Å². The van der Waals surface area contributed by atoms with E-state index in [0.29, 0.717) is 19.8 Å². The summed E-state index contributed by atoms with van der Waals surface area (Å²) in [5, 5.41) is 3.42. The van der Waals surface area contributed by atoms with E-state index in [1.165, 1.54) is 5.01 Å². The summed E-state index contributed by atoms with van der Waals surface area (Å²) in [5.41, 5.74) is 0. The highest BCUT2D eigenvalue weighted by atomic mass is 16.6. The Bertz CT molecular complexity index is 169. The van der Waals surface area contributed by atoms with Gasteiger partial charge in [0.05, 0.1) is 19.8 Å². The molecule has 5 nitrogen and oxygen atoms in total. The number of carbonyl (C=O) groups excluding carboxylic acids is 1. The van der Waals surface area contributed by atoms with Gasteiger partial charge in [-0.2, -0.15) is 0 Å². The topological polar surface area (TPSA) is 42.0 Å². The first kappa shape index (κ1) is 10.3. The van der Waals surface area contributed by atoms with Crippen molar-refractivity contribution in [2.24, 2.45) is 0 Å². The summed E-state index contributed by atoms with van der Waals surface area (Å²) >= 11 is 0. The van der Waals surface area contributed by atoms with E-state index in [2.05, 4.69) is 0 Å². The van der Waals surface area contributed by atoms with Crippen LogP contribution in [0.1, 0.15) is 6.92 Å². The lowest BCUT2D eigenvalue weighted by Gasteiger charge is -2.33. The Morgan fingerprint density at radius 2 is 2.15 bits per heavy atom. The van der Waals surface area contributed by atoms with Crippen LogP contribution in [0.15, 0.2) is 0 Å². The summed E-state index contributed by atoms with van der Waals surface area (Å²) in [6.07, 6.45) is -0.301. The Labute approximate surface area is 78.2 Å². The molecule has 1 aliphatic heterocycles. The molecule has 0 aliphatic carbocycles. The maximum Gasteiger partial charge on any atom is 0.424 e. The summed E-state index contributed by atoms with van der Waals surface area (Å²) in [6.45, 7) is 5.04.